The molecule has 1 saturated carbocycles. The van der Waals surface area contributed by atoms with Gasteiger partial charge in [0.15, 0.2) is 0 Å². The standard InChI is InChI=1S/C18H27N5O2/c1-14-9-15(2)23(21-14)11-16-10-22(7-8-25-16)12-17(24)20-18(13-19)5-3-4-6-18/h9,16H,3-8,10-12H2,1-2H3,(H,20,24)/t16-/m0/s1. The number of amides is 1. The maximum Gasteiger partial charge on any atom is 0.235 e. The van der Waals surface area contributed by atoms with Crippen molar-refractivity contribution in [1.82, 2.24) is 20.0 Å². The Bertz CT molecular complexity index is 657. The largest absolute Gasteiger partial charge is 0.374 e. The zero-order chi connectivity index (χ0) is 17.9. The maximum absolute atomic E-state index is 12.4. The molecule has 1 saturated heterocycles. The van der Waals surface area contributed by atoms with Gasteiger partial charge in [0.25, 0.3) is 0 Å². The monoisotopic (exact) mass is 345 g/mol. The van der Waals surface area contributed by atoms with Crippen LogP contribution in [0.4, 0.5) is 0 Å². The molecule has 1 amide bonds. The second-order valence-corrected chi connectivity index (χ2v) is 7.29. The predicted octanol–water partition coefficient (Wildman–Crippen LogP) is 1.15. The first-order valence-electron chi connectivity index (χ1n) is 9.07. The summed E-state index contributed by atoms with van der Waals surface area (Å²) in [5, 5.41) is 16.8. The van der Waals surface area contributed by atoms with Gasteiger partial charge in [0.1, 0.15) is 5.54 Å². The van der Waals surface area contributed by atoms with Crippen LogP contribution in [0.3, 0.4) is 0 Å². The summed E-state index contributed by atoms with van der Waals surface area (Å²) in [5.74, 6) is -0.0600. The van der Waals surface area contributed by atoms with E-state index in [9.17, 15) is 10.1 Å². The number of nitrogens with one attached hydrogen (secondary N) is 1. The molecule has 7 heteroatoms. The van der Waals surface area contributed by atoms with Gasteiger partial charge in [-0.2, -0.15) is 10.4 Å². The van der Waals surface area contributed by atoms with Crippen LogP contribution in [-0.4, -0.2) is 58.5 Å². The van der Waals surface area contributed by atoms with Crippen molar-refractivity contribution in [1.29, 1.82) is 5.26 Å². The molecule has 0 aromatic carbocycles. The molecule has 2 fully saturated rings. The molecule has 7 nitrogen and oxygen atoms in total. The van der Waals surface area contributed by atoms with E-state index in [1.54, 1.807) is 0 Å². The van der Waals surface area contributed by atoms with Crippen molar-refractivity contribution in [2.75, 3.05) is 26.2 Å². The normalized spacial score (nSPS) is 23.3. The van der Waals surface area contributed by atoms with Crippen LogP contribution < -0.4 is 5.32 Å². The molecule has 0 unspecified atom stereocenters. The van der Waals surface area contributed by atoms with E-state index in [0.29, 0.717) is 26.2 Å². The van der Waals surface area contributed by atoms with Crippen molar-refractivity contribution in [2.24, 2.45) is 0 Å². The molecule has 1 aliphatic heterocycles. The molecule has 1 N–H and O–H groups in total. The highest BCUT2D eigenvalue weighted by molar-refractivity contribution is 5.79. The van der Waals surface area contributed by atoms with Gasteiger partial charge in [0.05, 0.1) is 37.6 Å². The van der Waals surface area contributed by atoms with E-state index in [2.05, 4.69) is 27.5 Å². The van der Waals surface area contributed by atoms with Crippen LogP contribution in [0.1, 0.15) is 37.1 Å². The summed E-state index contributed by atoms with van der Waals surface area (Å²) in [6.45, 7) is 7.08. The summed E-state index contributed by atoms with van der Waals surface area (Å²) >= 11 is 0. The SMILES string of the molecule is Cc1cc(C)n(C[C@@H]2CN(CC(=O)NC3(C#N)CCCC3)CCO2)n1. The van der Waals surface area contributed by atoms with Crippen molar-refractivity contribution in [3.8, 4) is 6.07 Å². The number of hydrogen-bond acceptors (Lipinski definition) is 5. The molecule has 1 aromatic rings. The molecule has 25 heavy (non-hydrogen) atoms. The molecule has 1 aliphatic carbocycles. The molecule has 2 heterocycles. The second kappa shape index (κ2) is 7.54. The van der Waals surface area contributed by atoms with Crippen LogP contribution in [0.2, 0.25) is 0 Å². The van der Waals surface area contributed by atoms with Crippen LogP contribution in [-0.2, 0) is 16.1 Å². The average Bonchev–Trinajstić information content (AvgIpc) is 3.15. The fourth-order valence-corrected chi connectivity index (χ4v) is 3.84. The number of rotatable bonds is 5. The van der Waals surface area contributed by atoms with Gasteiger partial charge in [-0.15, -0.1) is 0 Å². The number of nitrogens with zero attached hydrogens (tertiary/aromatic N) is 4. The third-order valence-electron chi connectivity index (χ3n) is 5.12. The first-order valence-corrected chi connectivity index (χ1v) is 9.07. The minimum Gasteiger partial charge on any atom is -0.374 e. The van der Waals surface area contributed by atoms with E-state index in [1.807, 2.05) is 18.5 Å². The van der Waals surface area contributed by atoms with Crippen LogP contribution in [0.5, 0.6) is 0 Å². The van der Waals surface area contributed by atoms with E-state index in [0.717, 1.165) is 43.6 Å². The molecule has 0 spiro atoms. The van der Waals surface area contributed by atoms with Crippen LogP contribution in [0.25, 0.3) is 0 Å². The number of nitriles is 1. The van der Waals surface area contributed by atoms with E-state index >= 15 is 0 Å². The summed E-state index contributed by atoms with van der Waals surface area (Å²) in [6, 6.07) is 4.36. The number of morpholine rings is 1. The second-order valence-electron chi connectivity index (χ2n) is 7.29. The average molecular weight is 345 g/mol. The molecule has 136 valence electrons. The van der Waals surface area contributed by atoms with Crippen LogP contribution in [0, 0.1) is 25.2 Å². The van der Waals surface area contributed by atoms with Crippen molar-refractivity contribution >= 4 is 5.91 Å². The van der Waals surface area contributed by atoms with Gasteiger partial charge in [-0.25, -0.2) is 0 Å². The molecular formula is C18H27N5O2. The summed E-state index contributed by atoms with van der Waals surface area (Å²) in [4.78, 5) is 14.5. The van der Waals surface area contributed by atoms with Gasteiger partial charge >= 0.3 is 0 Å². The lowest BCUT2D eigenvalue weighted by Gasteiger charge is -2.33. The summed E-state index contributed by atoms with van der Waals surface area (Å²) in [7, 11) is 0. The smallest absolute Gasteiger partial charge is 0.235 e. The van der Waals surface area contributed by atoms with Gasteiger partial charge in [-0.05, 0) is 45.6 Å². The summed E-state index contributed by atoms with van der Waals surface area (Å²) in [6.07, 6.45) is 3.57. The lowest BCUT2D eigenvalue weighted by atomic mass is 10.00. The van der Waals surface area contributed by atoms with Gasteiger partial charge in [0, 0.05) is 18.8 Å². The van der Waals surface area contributed by atoms with E-state index in [4.69, 9.17) is 4.74 Å². The first-order chi connectivity index (χ1) is 12.0. The zero-order valence-corrected chi connectivity index (χ0v) is 15.1. The minimum atomic E-state index is -0.646. The van der Waals surface area contributed by atoms with Crippen molar-refractivity contribution in [2.45, 2.75) is 57.7 Å². The number of ether oxygens (including phenoxy) is 1. The lowest BCUT2D eigenvalue weighted by Crippen LogP contribution is -2.52. The number of hydrogen-bond donors (Lipinski definition) is 1. The first kappa shape index (κ1) is 17.9. The van der Waals surface area contributed by atoms with E-state index in [1.165, 1.54) is 0 Å². The van der Waals surface area contributed by atoms with Gasteiger partial charge < -0.3 is 10.1 Å². The van der Waals surface area contributed by atoms with Gasteiger partial charge in [-0.3, -0.25) is 14.4 Å². The lowest BCUT2D eigenvalue weighted by molar-refractivity contribution is -0.125. The Morgan fingerprint density at radius 1 is 1.48 bits per heavy atom. The minimum absolute atomic E-state index is 0.0240. The van der Waals surface area contributed by atoms with Crippen molar-refractivity contribution < 1.29 is 9.53 Å². The molecule has 0 bridgehead atoms. The zero-order valence-electron chi connectivity index (χ0n) is 15.1. The fourth-order valence-electron chi connectivity index (χ4n) is 3.84. The summed E-state index contributed by atoms with van der Waals surface area (Å²) in [5.41, 5.74) is 1.48. The Morgan fingerprint density at radius 3 is 2.88 bits per heavy atom. The van der Waals surface area contributed by atoms with Crippen molar-refractivity contribution in [3.05, 3.63) is 17.5 Å². The van der Waals surface area contributed by atoms with E-state index in [-0.39, 0.29) is 12.0 Å². The highest BCUT2D eigenvalue weighted by atomic mass is 16.5. The highest BCUT2D eigenvalue weighted by Crippen LogP contribution is 2.28. The molecule has 0 radical (unpaired) electrons. The highest BCUT2D eigenvalue weighted by Gasteiger charge is 2.36. The van der Waals surface area contributed by atoms with Crippen LogP contribution in [0.15, 0.2) is 6.07 Å². The third kappa shape index (κ3) is 4.39. The molecule has 2 aliphatic rings. The molecule has 1 atom stereocenters. The quantitative estimate of drug-likeness (QED) is 0.866. The Kier molecular flexibility index (Phi) is 5.40. The Morgan fingerprint density at radius 2 is 2.24 bits per heavy atom. The Balaban J connectivity index is 1.52. The third-order valence-corrected chi connectivity index (χ3v) is 5.12. The van der Waals surface area contributed by atoms with Crippen molar-refractivity contribution in [3.63, 3.8) is 0 Å². The number of aromatic nitrogens is 2. The predicted molar refractivity (Wildman–Crippen MR) is 92.8 cm³/mol. The topological polar surface area (TPSA) is 83.2 Å². The van der Waals surface area contributed by atoms with Gasteiger partial charge in [0.2, 0.25) is 5.91 Å². The fraction of sp³-hybridized carbons (Fsp3) is 0.722. The van der Waals surface area contributed by atoms with E-state index < -0.39 is 5.54 Å². The Labute approximate surface area is 148 Å². The number of aryl methyl sites for hydroxylation is 2. The van der Waals surface area contributed by atoms with Gasteiger partial charge in [-0.1, -0.05) is 0 Å². The number of carbonyl (C=O) groups excluding carboxylic acids is 1. The molecule has 1 aromatic heterocycles. The maximum atomic E-state index is 12.4. The molecule has 3 rings (SSSR count). The number of carbonyl (C=O) groups is 1. The summed E-state index contributed by atoms with van der Waals surface area (Å²) < 4.78 is 7.81. The van der Waals surface area contributed by atoms with Crippen LogP contribution >= 0.6 is 0 Å². The molecular weight excluding hydrogens is 318 g/mol. The Hall–Kier alpha value is -1.91.